The van der Waals surface area contributed by atoms with Crippen LogP contribution in [0.3, 0.4) is 0 Å². The molecule has 0 aliphatic rings. The van der Waals surface area contributed by atoms with Crippen LogP contribution in [0.4, 0.5) is 5.69 Å². The van der Waals surface area contributed by atoms with E-state index in [9.17, 15) is 13.2 Å². The van der Waals surface area contributed by atoms with E-state index in [4.69, 9.17) is 5.11 Å². The topological polar surface area (TPSA) is 95.5 Å². The molecule has 0 amide bonds. The highest BCUT2D eigenvalue weighted by atomic mass is 32.2. The lowest BCUT2D eigenvalue weighted by Gasteiger charge is -2.08. The minimum atomic E-state index is -3.62. The van der Waals surface area contributed by atoms with Gasteiger partial charge in [-0.3, -0.25) is 4.72 Å². The van der Waals surface area contributed by atoms with Crippen molar-refractivity contribution in [2.24, 2.45) is 0 Å². The molecule has 1 aromatic carbocycles. The van der Waals surface area contributed by atoms with Gasteiger partial charge in [-0.2, -0.15) is 8.42 Å². The summed E-state index contributed by atoms with van der Waals surface area (Å²) in [6, 6.07) is 4.31. The summed E-state index contributed by atoms with van der Waals surface area (Å²) in [6.07, 6.45) is 0. The standard InChI is InChI=1S/C9H12N2O4S/c1-6-3-4-7(5-8(6)9(12)13)11-16(14,15)10-2/h3-5,10-11H,1-2H3,(H,12,13). The first-order valence-corrected chi connectivity index (χ1v) is 5.89. The number of carboxylic acid groups (broad SMARTS) is 1. The third kappa shape index (κ3) is 2.94. The average molecular weight is 244 g/mol. The summed E-state index contributed by atoms with van der Waals surface area (Å²) >= 11 is 0. The van der Waals surface area contributed by atoms with Crippen LogP contribution in [-0.2, 0) is 10.2 Å². The summed E-state index contributed by atoms with van der Waals surface area (Å²) < 4.78 is 26.6. The Kier molecular flexibility index (Phi) is 3.51. The summed E-state index contributed by atoms with van der Waals surface area (Å²) in [5, 5.41) is 8.85. The maximum absolute atomic E-state index is 11.2. The van der Waals surface area contributed by atoms with Crippen LogP contribution in [0.1, 0.15) is 15.9 Å². The predicted octanol–water partition coefficient (Wildman–Crippen LogP) is 0.569. The van der Waals surface area contributed by atoms with Crippen molar-refractivity contribution in [3.05, 3.63) is 29.3 Å². The molecule has 0 spiro atoms. The van der Waals surface area contributed by atoms with Crippen molar-refractivity contribution < 1.29 is 18.3 Å². The summed E-state index contributed by atoms with van der Waals surface area (Å²) in [4.78, 5) is 10.8. The maximum Gasteiger partial charge on any atom is 0.336 e. The Labute approximate surface area is 93.5 Å². The molecule has 0 saturated carbocycles. The quantitative estimate of drug-likeness (QED) is 0.721. The van der Waals surface area contributed by atoms with Gasteiger partial charge in [-0.05, 0) is 24.6 Å². The van der Waals surface area contributed by atoms with Crippen molar-refractivity contribution in [2.45, 2.75) is 6.92 Å². The minimum Gasteiger partial charge on any atom is -0.478 e. The monoisotopic (exact) mass is 244 g/mol. The largest absolute Gasteiger partial charge is 0.478 e. The van der Waals surface area contributed by atoms with Crippen LogP contribution < -0.4 is 9.44 Å². The molecule has 1 aromatic rings. The van der Waals surface area contributed by atoms with Gasteiger partial charge in [0.25, 0.3) is 10.2 Å². The molecule has 0 bridgehead atoms. The third-order valence-electron chi connectivity index (χ3n) is 1.99. The Morgan fingerprint density at radius 3 is 2.50 bits per heavy atom. The van der Waals surface area contributed by atoms with Crippen molar-refractivity contribution >= 4 is 21.9 Å². The fourth-order valence-corrected chi connectivity index (χ4v) is 1.66. The molecule has 0 saturated heterocycles. The molecule has 0 radical (unpaired) electrons. The molecular weight excluding hydrogens is 232 g/mol. The van der Waals surface area contributed by atoms with E-state index in [0.29, 0.717) is 5.56 Å². The first-order chi connectivity index (χ1) is 7.35. The Morgan fingerprint density at radius 2 is 2.00 bits per heavy atom. The van der Waals surface area contributed by atoms with Crippen LogP contribution >= 0.6 is 0 Å². The number of anilines is 1. The van der Waals surface area contributed by atoms with E-state index in [0.717, 1.165) is 0 Å². The summed E-state index contributed by atoms with van der Waals surface area (Å²) in [5.41, 5.74) is 0.841. The van der Waals surface area contributed by atoms with Crippen LogP contribution in [0.15, 0.2) is 18.2 Å². The predicted molar refractivity (Wildman–Crippen MR) is 59.7 cm³/mol. The molecule has 0 fully saturated rings. The maximum atomic E-state index is 11.2. The molecule has 0 aromatic heterocycles. The van der Waals surface area contributed by atoms with E-state index in [-0.39, 0.29) is 11.3 Å². The van der Waals surface area contributed by atoms with E-state index in [2.05, 4.69) is 9.44 Å². The summed E-state index contributed by atoms with van der Waals surface area (Å²) in [7, 11) is -2.36. The molecule has 0 unspecified atom stereocenters. The molecule has 16 heavy (non-hydrogen) atoms. The Balaban J connectivity index is 3.09. The number of nitrogens with one attached hydrogen (secondary N) is 2. The number of rotatable bonds is 4. The lowest BCUT2D eigenvalue weighted by atomic mass is 10.1. The van der Waals surface area contributed by atoms with E-state index in [1.54, 1.807) is 6.92 Å². The smallest absolute Gasteiger partial charge is 0.336 e. The highest BCUT2D eigenvalue weighted by Gasteiger charge is 2.11. The molecule has 0 heterocycles. The van der Waals surface area contributed by atoms with Crippen molar-refractivity contribution in [3.8, 4) is 0 Å². The van der Waals surface area contributed by atoms with Gasteiger partial charge >= 0.3 is 5.97 Å². The molecule has 88 valence electrons. The van der Waals surface area contributed by atoms with Gasteiger partial charge in [0.1, 0.15) is 0 Å². The lowest BCUT2D eigenvalue weighted by Crippen LogP contribution is -2.26. The van der Waals surface area contributed by atoms with Gasteiger partial charge in [0.2, 0.25) is 0 Å². The molecule has 0 aliphatic carbocycles. The fraction of sp³-hybridized carbons (Fsp3) is 0.222. The molecular formula is C9H12N2O4S. The van der Waals surface area contributed by atoms with E-state index in [1.165, 1.54) is 25.2 Å². The second-order valence-electron chi connectivity index (χ2n) is 3.14. The SMILES string of the molecule is CNS(=O)(=O)Nc1ccc(C)c(C(=O)O)c1. The molecule has 0 atom stereocenters. The van der Waals surface area contributed by atoms with Gasteiger partial charge in [-0.1, -0.05) is 6.07 Å². The van der Waals surface area contributed by atoms with Crippen molar-refractivity contribution in [1.29, 1.82) is 0 Å². The highest BCUT2D eigenvalue weighted by Crippen LogP contribution is 2.16. The first kappa shape index (κ1) is 12.5. The number of aromatic carboxylic acids is 1. The Bertz CT molecular complexity index is 510. The van der Waals surface area contributed by atoms with Gasteiger partial charge in [0, 0.05) is 7.05 Å². The van der Waals surface area contributed by atoms with E-state index < -0.39 is 16.2 Å². The fourth-order valence-electron chi connectivity index (χ4n) is 1.12. The minimum absolute atomic E-state index is 0.0660. The van der Waals surface area contributed by atoms with Gasteiger partial charge in [0.05, 0.1) is 11.3 Å². The number of benzene rings is 1. The molecule has 0 aliphatic heterocycles. The molecule has 1 rings (SSSR count). The molecule has 7 heteroatoms. The van der Waals surface area contributed by atoms with Crippen molar-refractivity contribution in [3.63, 3.8) is 0 Å². The van der Waals surface area contributed by atoms with Crippen LogP contribution in [0.5, 0.6) is 0 Å². The van der Waals surface area contributed by atoms with Crippen LogP contribution in [0, 0.1) is 6.92 Å². The van der Waals surface area contributed by atoms with E-state index >= 15 is 0 Å². The van der Waals surface area contributed by atoms with Crippen LogP contribution in [0.25, 0.3) is 0 Å². The zero-order valence-corrected chi connectivity index (χ0v) is 9.63. The Morgan fingerprint density at radius 1 is 1.38 bits per heavy atom. The molecule has 6 nitrogen and oxygen atoms in total. The zero-order chi connectivity index (χ0) is 12.3. The van der Waals surface area contributed by atoms with Gasteiger partial charge < -0.3 is 5.11 Å². The zero-order valence-electron chi connectivity index (χ0n) is 8.81. The number of hydrogen-bond acceptors (Lipinski definition) is 3. The van der Waals surface area contributed by atoms with Crippen LogP contribution in [0.2, 0.25) is 0 Å². The second-order valence-corrected chi connectivity index (χ2v) is 4.76. The molecule has 3 N–H and O–H groups in total. The van der Waals surface area contributed by atoms with Gasteiger partial charge in [0.15, 0.2) is 0 Å². The van der Waals surface area contributed by atoms with E-state index in [1.807, 2.05) is 0 Å². The summed E-state index contributed by atoms with van der Waals surface area (Å²) in [6.45, 7) is 1.64. The first-order valence-electron chi connectivity index (χ1n) is 4.41. The van der Waals surface area contributed by atoms with Crippen molar-refractivity contribution in [2.75, 3.05) is 11.8 Å². The third-order valence-corrected chi connectivity index (χ3v) is 3.03. The Hall–Kier alpha value is -1.60. The highest BCUT2D eigenvalue weighted by molar-refractivity contribution is 7.90. The summed E-state index contributed by atoms with van der Waals surface area (Å²) in [5.74, 6) is -1.09. The normalized spacial score (nSPS) is 11.1. The number of carboxylic acids is 1. The van der Waals surface area contributed by atoms with Crippen LogP contribution in [-0.4, -0.2) is 26.5 Å². The lowest BCUT2D eigenvalue weighted by molar-refractivity contribution is 0.0696. The van der Waals surface area contributed by atoms with Gasteiger partial charge in [-0.15, -0.1) is 0 Å². The van der Waals surface area contributed by atoms with Gasteiger partial charge in [-0.25, -0.2) is 9.52 Å². The number of aryl methyl sites for hydroxylation is 1. The average Bonchev–Trinajstić information content (AvgIpc) is 2.20. The second kappa shape index (κ2) is 4.50. The number of carbonyl (C=O) groups is 1. The number of hydrogen-bond donors (Lipinski definition) is 3. The van der Waals surface area contributed by atoms with Crippen molar-refractivity contribution in [1.82, 2.24) is 4.72 Å².